The summed E-state index contributed by atoms with van der Waals surface area (Å²) in [6, 6.07) is 7.45. The number of carbonyl (C=O) groups excluding carboxylic acids is 1. The summed E-state index contributed by atoms with van der Waals surface area (Å²) >= 11 is 0. The Labute approximate surface area is 128 Å². The van der Waals surface area contributed by atoms with Crippen LogP contribution in [0.25, 0.3) is 5.52 Å². The molecule has 6 heteroatoms. The third kappa shape index (κ3) is 2.81. The van der Waals surface area contributed by atoms with Crippen LogP contribution in [0.4, 0.5) is 0 Å². The number of hydrogen-bond acceptors (Lipinski definition) is 4. The van der Waals surface area contributed by atoms with Crippen molar-refractivity contribution in [1.82, 2.24) is 24.9 Å². The van der Waals surface area contributed by atoms with Gasteiger partial charge in [-0.3, -0.25) is 4.79 Å². The molecule has 0 aliphatic rings. The van der Waals surface area contributed by atoms with Crippen molar-refractivity contribution < 1.29 is 4.79 Å². The van der Waals surface area contributed by atoms with Crippen LogP contribution in [0.1, 0.15) is 41.6 Å². The summed E-state index contributed by atoms with van der Waals surface area (Å²) in [5.41, 5.74) is 2.33. The highest BCUT2D eigenvalue weighted by atomic mass is 16.1. The largest absolute Gasteiger partial charge is 0.346 e. The number of nitrogens with one attached hydrogen (secondary N) is 1. The summed E-state index contributed by atoms with van der Waals surface area (Å²) in [7, 11) is 0. The molecule has 22 heavy (non-hydrogen) atoms. The molecule has 0 saturated heterocycles. The van der Waals surface area contributed by atoms with Crippen LogP contribution in [0.3, 0.4) is 0 Å². The number of nitrogens with zero attached hydrogens (tertiary/aromatic N) is 4. The van der Waals surface area contributed by atoms with Crippen molar-refractivity contribution in [1.29, 1.82) is 0 Å². The molecule has 6 nitrogen and oxygen atoms in total. The summed E-state index contributed by atoms with van der Waals surface area (Å²) in [5, 5.41) is 7.12. The number of hydrogen-bond donors (Lipinski definition) is 1. The van der Waals surface area contributed by atoms with Crippen LogP contribution in [-0.2, 0) is 6.54 Å². The van der Waals surface area contributed by atoms with E-state index in [9.17, 15) is 4.79 Å². The maximum atomic E-state index is 12.2. The highest BCUT2D eigenvalue weighted by molar-refractivity contribution is 5.92. The first-order valence-corrected chi connectivity index (χ1v) is 7.17. The second-order valence-electron chi connectivity index (χ2n) is 5.34. The molecular formula is C16H17N5O. The lowest BCUT2D eigenvalue weighted by molar-refractivity contribution is 0.0945. The molecule has 0 atom stereocenters. The molecule has 112 valence electrons. The molecular weight excluding hydrogens is 278 g/mol. The summed E-state index contributed by atoms with van der Waals surface area (Å²) in [5.74, 6) is 0.649. The number of rotatable bonds is 4. The molecule has 1 amide bonds. The Hall–Kier alpha value is -2.76. The second kappa shape index (κ2) is 5.93. The van der Waals surface area contributed by atoms with Crippen molar-refractivity contribution in [3.63, 3.8) is 0 Å². The molecule has 3 rings (SSSR count). The van der Waals surface area contributed by atoms with Crippen LogP contribution in [-0.4, -0.2) is 25.5 Å². The van der Waals surface area contributed by atoms with E-state index in [2.05, 4.69) is 20.4 Å². The van der Waals surface area contributed by atoms with Gasteiger partial charge in [-0.05, 0) is 18.2 Å². The fourth-order valence-corrected chi connectivity index (χ4v) is 2.17. The monoisotopic (exact) mass is 295 g/mol. The van der Waals surface area contributed by atoms with Gasteiger partial charge in [-0.15, -0.1) is 0 Å². The number of pyridine rings is 1. The summed E-state index contributed by atoms with van der Waals surface area (Å²) < 4.78 is 1.78. The first kappa shape index (κ1) is 14.2. The molecule has 3 aromatic heterocycles. The average molecular weight is 295 g/mol. The molecule has 0 aliphatic heterocycles. The van der Waals surface area contributed by atoms with Gasteiger partial charge in [0, 0.05) is 30.4 Å². The maximum absolute atomic E-state index is 12.2. The van der Waals surface area contributed by atoms with Gasteiger partial charge in [0.2, 0.25) is 0 Å². The molecule has 0 bridgehead atoms. The van der Waals surface area contributed by atoms with Gasteiger partial charge in [-0.25, -0.2) is 14.5 Å². The lowest BCUT2D eigenvalue weighted by atomic mass is 10.2. The highest BCUT2D eigenvalue weighted by Gasteiger charge is 2.11. The van der Waals surface area contributed by atoms with Gasteiger partial charge in [-0.1, -0.05) is 19.9 Å². The van der Waals surface area contributed by atoms with Crippen LogP contribution >= 0.6 is 0 Å². The fraction of sp³-hybridized carbons (Fsp3) is 0.250. The molecule has 0 aliphatic carbocycles. The van der Waals surface area contributed by atoms with Crippen LogP contribution in [0.2, 0.25) is 0 Å². The third-order valence-electron chi connectivity index (χ3n) is 3.37. The topological polar surface area (TPSA) is 72.2 Å². The number of aromatic nitrogens is 4. The van der Waals surface area contributed by atoms with E-state index in [1.807, 2.05) is 38.2 Å². The van der Waals surface area contributed by atoms with E-state index < -0.39 is 0 Å². The smallest absolute Gasteiger partial charge is 0.270 e. The zero-order valence-electron chi connectivity index (χ0n) is 12.5. The van der Waals surface area contributed by atoms with Crippen molar-refractivity contribution in [2.24, 2.45) is 0 Å². The molecule has 0 saturated carbocycles. The predicted octanol–water partition coefficient (Wildman–Crippen LogP) is 2.18. The van der Waals surface area contributed by atoms with Crippen molar-refractivity contribution >= 4 is 11.4 Å². The summed E-state index contributed by atoms with van der Waals surface area (Å²) in [6.45, 7) is 4.40. The summed E-state index contributed by atoms with van der Waals surface area (Å²) in [6.07, 6.45) is 5.25. The number of amides is 1. The van der Waals surface area contributed by atoms with Crippen molar-refractivity contribution in [3.05, 3.63) is 59.9 Å². The van der Waals surface area contributed by atoms with Crippen LogP contribution in [0, 0.1) is 0 Å². The molecule has 0 aromatic carbocycles. The van der Waals surface area contributed by atoms with E-state index in [1.54, 1.807) is 23.0 Å². The van der Waals surface area contributed by atoms with Gasteiger partial charge in [0.15, 0.2) is 0 Å². The molecule has 1 N–H and O–H groups in total. The number of fused-ring (bicyclic) bond motifs is 1. The quantitative estimate of drug-likeness (QED) is 0.800. The Balaban J connectivity index is 1.73. The zero-order chi connectivity index (χ0) is 15.5. The van der Waals surface area contributed by atoms with Crippen molar-refractivity contribution in [2.75, 3.05) is 0 Å². The minimum atomic E-state index is -0.209. The van der Waals surface area contributed by atoms with E-state index in [1.165, 1.54) is 0 Å². The number of carbonyl (C=O) groups is 1. The minimum Gasteiger partial charge on any atom is -0.346 e. The Kier molecular flexibility index (Phi) is 3.82. The molecule has 0 fully saturated rings. The Morgan fingerprint density at radius 1 is 1.32 bits per heavy atom. The minimum absolute atomic E-state index is 0.187. The van der Waals surface area contributed by atoms with Gasteiger partial charge in [0.05, 0.1) is 11.7 Å². The van der Waals surface area contributed by atoms with Gasteiger partial charge in [0.1, 0.15) is 11.5 Å². The third-order valence-corrected chi connectivity index (χ3v) is 3.37. The molecule has 0 unspecified atom stereocenters. The lowest BCUT2D eigenvalue weighted by Crippen LogP contribution is -2.24. The van der Waals surface area contributed by atoms with Crippen LogP contribution < -0.4 is 5.32 Å². The van der Waals surface area contributed by atoms with E-state index in [-0.39, 0.29) is 11.8 Å². The predicted molar refractivity (Wildman–Crippen MR) is 82.5 cm³/mol. The normalized spacial score (nSPS) is 11.0. The Morgan fingerprint density at radius 2 is 2.18 bits per heavy atom. The molecule has 0 radical (unpaired) electrons. The van der Waals surface area contributed by atoms with Gasteiger partial charge in [0.25, 0.3) is 5.91 Å². The van der Waals surface area contributed by atoms with Crippen LogP contribution in [0.5, 0.6) is 0 Å². The highest BCUT2D eigenvalue weighted by Crippen LogP contribution is 2.11. The Bertz CT molecular complexity index is 809. The zero-order valence-corrected chi connectivity index (χ0v) is 12.5. The first-order valence-electron chi connectivity index (χ1n) is 7.17. The van der Waals surface area contributed by atoms with E-state index >= 15 is 0 Å². The van der Waals surface area contributed by atoms with Gasteiger partial charge < -0.3 is 5.32 Å². The molecule has 3 heterocycles. The van der Waals surface area contributed by atoms with Gasteiger partial charge >= 0.3 is 0 Å². The second-order valence-corrected chi connectivity index (χ2v) is 5.34. The average Bonchev–Trinajstić information content (AvgIpc) is 2.96. The standard InChI is InChI=1S/C16H17N5O/c1-11(2)15-17-7-6-13(20-15)16(22)18-9-12-10-19-21-8-4-3-5-14(12)21/h3-8,10-11H,9H2,1-2H3,(H,18,22). The van der Waals surface area contributed by atoms with Gasteiger partial charge in [-0.2, -0.15) is 5.10 Å². The van der Waals surface area contributed by atoms with Crippen LogP contribution in [0.15, 0.2) is 42.9 Å². The SMILES string of the molecule is CC(C)c1nccc(C(=O)NCc2cnn3ccccc23)n1. The fourth-order valence-electron chi connectivity index (χ4n) is 2.17. The maximum Gasteiger partial charge on any atom is 0.270 e. The van der Waals surface area contributed by atoms with Crippen molar-refractivity contribution in [3.8, 4) is 0 Å². The Morgan fingerprint density at radius 3 is 3.00 bits per heavy atom. The molecule has 3 aromatic rings. The van der Waals surface area contributed by atoms with E-state index in [4.69, 9.17) is 0 Å². The lowest BCUT2D eigenvalue weighted by Gasteiger charge is -2.07. The van der Waals surface area contributed by atoms with E-state index in [0.29, 0.717) is 18.1 Å². The van der Waals surface area contributed by atoms with E-state index in [0.717, 1.165) is 11.1 Å². The van der Waals surface area contributed by atoms with Crippen molar-refractivity contribution in [2.45, 2.75) is 26.3 Å². The summed E-state index contributed by atoms with van der Waals surface area (Å²) in [4.78, 5) is 20.7. The molecule has 0 spiro atoms. The first-order chi connectivity index (χ1) is 10.6.